The highest BCUT2D eigenvalue weighted by Gasteiger charge is 2.13. The second-order valence-corrected chi connectivity index (χ2v) is 8.37. The average molecular weight is 451 g/mol. The van der Waals surface area contributed by atoms with E-state index in [0.717, 1.165) is 20.8 Å². The van der Waals surface area contributed by atoms with Crippen LogP contribution in [0.25, 0.3) is 10.2 Å². The molecule has 0 bridgehead atoms. The van der Waals surface area contributed by atoms with Gasteiger partial charge in [-0.05, 0) is 36.4 Å². The maximum atomic E-state index is 10.6. The predicted octanol–water partition coefficient (Wildman–Crippen LogP) is 3.48. The largest absolute Gasteiger partial charge is 0.491 e. The number of benzene rings is 3. The summed E-state index contributed by atoms with van der Waals surface area (Å²) in [5.74, 6) is 1.43. The van der Waals surface area contributed by atoms with Crippen molar-refractivity contribution < 1.29 is 19.7 Å². The molecule has 4 rings (SSSR count). The van der Waals surface area contributed by atoms with E-state index in [9.17, 15) is 10.2 Å². The summed E-state index contributed by atoms with van der Waals surface area (Å²) in [5.41, 5.74) is 0.991. The van der Waals surface area contributed by atoms with Gasteiger partial charge in [-0.15, -0.1) is 0 Å². The van der Waals surface area contributed by atoms with Crippen molar-refractivity contribution in [2.45, 2.75) is 18.8 Å². The van der Waals surface area contributed by atoms with E-state index < -0.39 is 12.2 Å². The standard InChI is InChI=1S/C25H26N2O4S/c28-19(17-30-21-9-3-1-4-10-21)15-26-25-27(23-13-7-8-14-24(23)32-25)16-20(29)18-31-22-11-5-2-6-12-22/h1-14,19-20,28-29H,15-18H2/t19-,20+/m0/s1. The summed E-state index contributed by atoms with van der Waals surface area (Å²) < 4.78 is 14.4. The lowest BCUT2D eigenvalue weighted by molar-refractivity contribution is 0.0925. The van der Waals surface area contributed by atoms with Gasteiger partial charge in [0.1, 0.15) is 36.9 Å². The molecule has 0 aliphatic rings. The Morgan fingerprint density at radius 3 is 1.97 bits per heavy atom. The number of thiazole rings is 1. The Morgan fingerprint density at radius 1 is 0.750 bits per heavy atom. The third kappa shape index (κ3) is 5.97. The normalized spacial score (nSPS) is 13.8. The first kappa shape index (κ1) is 22.1. The summed E-state index contributed by atoms with van der Waals surface area (Å²) >= 11 is 1.53. The zero-order chi connectivity index (χ0) is 22.2. The van der Waals surface area contributed by atoms with Crippen LogP contribution in [0.4, 0.5) is 0 Å². The fourth-order valence-corrected chi connectivity index (χ4v) is 4.28. The Bertz CT molecular complexity index is 1170. The second kappa shape index (κ2) is 10.9. The van der Waals surface area contributed by atoms with Crippen LogP contribution in [0.5, 0.6) is 11.5 Å². The molecular formula is C25H26N2O4S. The van der Waals surface area contributed by atoms with Crippen molar-refractivity contribution in [3.63, 3.8) is 0 Å². The molecule has 0 fully saturated rings. The van der Waals surface area contributed by atoms with Crippen molar-refractivity contribution in [3.8, 4) is 11.5 Å². The van der Waals surface area contributed by atoms with Gasteiger partial charge in [-0.2, -0.15) is 0 Å². The molecule has 2 N–H and O–H groups in total. The number of nitrogens with zero attached hydrogens (tertiary/aromatic N) is 2. The third-order valence-electron chi connectivity index (χ3n) is 4.79. The average Bonchev–Trinajstić information content (AvgIpc) is 3.18. The molecule has 0 unspecified atom stereocenters. The zero-order valence-corrected chi connectivity index (χ0v) is 18.4. The van der Waals surface area contributed by atoms with E-state index in [1.54, 1.807) is 0 Å². The van der Waals surface area contributed by atoms with E-state index in [4.69, 9.17) is 9.47 Å². The van der Waals surface area contributed by atoms with Crippen molar-refractivity contribution in [1.29, 1.82) is 0 Å². The van der Waals surface area contributed by atoms with Gasteiger partial charge < -0.3 is 24.3 Å². The minimum atomic E-state index is -0.736. The molecule has 0 amide bonds. The van der Waals surface area contributed by atoms with Crippen LogP contribution in [-0.4, -0.2) is 46.7 Å². The van der Waals surface area contributed by atoms with Gasteiger partial charge >= 0.3 is 0 Å². The molecule has 0 saturated carbocycles. The van der Waals surface area contributed by atoms with Crippen LogP contribution < -0.4 is 14.3 Å². The quantitative estimate of drug-likeness (QED) is 0.388. The fourth-order valence-electron chi connectivity index (χ4n) is 3.23. The Balaban J connectivity index is 1.44. The van der Waals surface area contributed by atoms with E-state index in [1.807, 2.05) is 89.5 Å². The lowest BCUT2D eigenvalue weighted by atomic mass is 10.3. The lowest BCUT2D eigenvalue weighted by Gasteiger charge is -2.14. The Hall–Kier alpha value is -3.13. The van der Waals surface area contributed by atoms with E-state index in [-0.39, 0.29) is 19.8 Å². The Morgan fingerprint density at radius 2 is 1.31 bits per heavy atom. The zero-order valence-electron chi connectivity index (χ0n) is 17.6. The van der Waals surface area contributed by atoms with Gasteiger partial charge in [-0.1, -0.05) is 59.9 Å². The maximum absolute atomic E-state index is 10.6. The van der Waals surface area contributed by atoms with E-state index in [0.29, 0.717) is 12.3 Å². The molecule has 3 aromatic carbocycles. The number of para-hydroxylation sites is 3. The molecular weight excluding hydrogens is 424 g/mol. The van der Waals surface area contributed by atoms with Gasteiger partial charge in [0.25, 0.3) is 0 Å². The first-order valence-electron chi connectivity index (χ1n) is 10.5. The first-order chi connectivity index (χ1) is 15.7. The van der Waals surface area contributed by atoms with Crippen molar-refractivity contribution in [1.82, 2.24) is 4.57 Å². The number of hydrogen-bond acceptors (Lipinski definition) is 6. The maximum Gasteiger partial charge on any atom is 0.185 e. The summed E-state index contributed by atoms with van der Waals surface area (Å²) in [5, 5.41) is 20.9. The van der Waals surface area contributed by atoms with Gasteiger partial charge in [-0.25, -0.2) is 0 Å². The summed E-state index contributed by atoms with van der Waals surface area (Å²) in [7, 11) is 0. The van der Waals surface area contributed by atoms with E-state index >= 15 is 0 Å². The van der Waals surface area contributed by atoms with E-state index in [1.165, 1.54) is 11.3 Å². The second-order valence-electron chi connectivity index (χ2n) is 7.36. The van der Waals surface area contributed by atoms with Crippen LogP contribution in [0.2, 0.25) is 0 Å². The van der Waals surface area contributed by atoms with Crippen LogP contribution in [0.3, 0.4) is 0 Å². The van der Waals surface area contributed by atoms with Crippen LogP contribution in [0.15, 0.2) is 89.9 Å². The molecule has 166 valence electrons. The van der Waals surface area contributed by atoms with Gasteiger partial charge in [0.05, 0.1) is 23.3 Å². The van der Waals surface area contributed by atoms with Crippen LogP contribution in [0.1, 0.15) is 0 Å². The number of hydrogen-bond donors (Lipinski definition) is 2. The Labute approximate surface area is 190 Å². The SMILES string of the molecule is O[C@@H](CN=c1sc2ccccc2n1C[C@@H](O)COc1ccccc1)COc1ccccc1. The molecule has 1 heterocycles. The fraction of sp³-hybridized carbons (Fsp3) is 0.240. The van der Waals surface area contributed by atoms with E-state index in [2.05, 4.69) is 4.99 Å². The number of aliphatic hydroxyl groups excluding tert-OH is 2. The molecule has 1 aromatic heterocycles. The van der Waals surface area contributed by atoms with Gasteiger partial charge in [0.2, 0.25) is 0 Å². The predicted molar refractivity (Wildman–Crippen MR) is 126 cm³/mol. The number of ether oxygens (including phenoxy) is 2. The van der Waals surface area contributed by atoms with Crippen LogP contribution >= 0.6 is 11.3 Å². The van der Waals surface area contributed by atoms with Gasteiger partial charge in [0.15, 0.2) is 4.80 Å². The van der Waals surface area contributed by atoms with Gasteiger partial charge in [0, 0.05) is 0 Å². The summed E-state index contributed by atoms with van der Waals surface area (Å²) in [6.45, 7) is 0.878. The topological polar surface area (TPSA) is 76.2 Å². The minimum absolute atomic E-state index is 0.159. The van der Waals surface area contributed by atoms with Crippen molar-refractivity contribution >= 4 is 21.6 Å². The molecule has 0 radical (unpaired) electrons. The lowest BCUT2D eigenvalue weighted by Crippen LogP contribution is -2.29. The molecule has 0 aliphatic carbocycles. The summed E-state index contributed by atoms with van der Waals surface area (Å²) in [6, 6.07) is 26.8. The molecule has 32 heavy (non-hydrogen) atoms. The molecule has 4 aromatic rings. The number of aromatic nitrogens is 1. The Kier molecular flexibility index (Phi) is 7.55. The summed E-state index contributed by atoms with van der Waals surface area (Å²) in [6.07, 6.45) is -1.45. The van der Waals surface area contributed by atoms with Crippen LogP contribution in [-0.2, 0) is 6.54 Å². The highest BCUT2D eigenvalue weighted by atomic mass is 32.1. The van der Waals surface area contributed by atoms with Crippen LogP contribution in [0, 0.1) is 0 Å². The molecule has 0 saturated heterocycles. The molecule has 6 nitrogen and oxygen atoms in total. The molecule has 0 aliphatic heterocycles. The molecule has 0 spiro atoms. The summed E-state index contributed by atoms with van der Waals surface area (Å²) in [4.78, 5) is 5.37. The van der Waals surface area contributed by atoms with Crippen molar-refractivity contribution in [2.75, 3.05) is 19.8 Å². The number of fused-ring (bicyclic) bond motifs is 1. The van der Waals surface area contributed by atoms with Gasteiger partial charge in [-0.3, -0.25) is 4.99 Å². The van der Waals surface area contributed by atoms with Crippen molar-refractivity contribution in [3.05, 3.63) is 89.7 Å². The number of rotatable bonds is 10. The highest BCUT2D eigenvalue weighted by Crippen LogP contribution is 2.17. The first-order valence-corrected chi connectivity index (χ1v) is 11.3. The monoisotopic (exact) mass is 450 g/mol. The minimum Gasteiger partial charge on any atom is -0.491 e. The highest BCUT2D eigenvalue weighted by molar-refractivity contribution is 7.16. The third-order valence-corrected chi connectivity index (χ3v) is 5.89. The molecule has 2 atom stereocenters. The smallest absolute Gasteiger partial charge is 0.185 e. The van der Waals surface area contributed by atoms with Crippen molar-refractivity contribution in [2.24, 2.45) is 4.99 Å². The number of aliphatic hydroxyl groups is 2. The molecule has 7 heteroatoms.